The van der Waals surface area contributed by atoms with Crippen LogP contribution in [-0.2, 0) is 6.42 Å². The Balaban J connectivity index is 1.88. The van der Waals surface area contributed by atoms with Crippen LogP contribution in [0.1, 0.15) is 38.3 Å². The van der Waals surface area contributed by atoms with Crippen LogP contribution in [0.2, 0.25) is 0 Å². The highest BCUT2D eigenvalue weighted by Crippen LogP contribution is 2.31. The molecule has 1 saturated carbocycles. The average Bonchev–Trinajstić information content (AvgIpc) is 2.27. The van der Waals surface area contributed by atoms with Gasteiger partial charge in [0.2, 0.25) is 0 Å². The van der Waals surface area contributed by atoms with Crippen molar-refractivity contribution in [1.29, 1.82) is 0 Å². The SMILES string of the molecule is CCNC(Cc1ccc(Br)cn1)CC1CCC1. The van der Waals surface area contributed by atoms with E-state index < -0.39 is 0 Å². The van der Waals surface area contributed by atoms with Crippen molar-refractivity contribution < 1.29 is 0 Å². The number of nitrogens with zero attached hydrogens (tertiary/aromatic N) is 1. The Bertz CT molecular complexity index is 333. The summed E-state index contributed by atoms with van der Waals surface area (Å²) >= 11 is 3.42. The molecule has 0 spiro atoms. The molecule has 17 heavy (non-hydrogen) atoms. The van der Waals surface area contributed by atoms with Gasteiger partial charge in [0, 0.05) is 28.8 Å². The molecule has 1 N–H and O–H groups in total. The van der Waals surface area contributed by atoms with E-state index in [9.17, 15) is 0 Å². The molecule has 0 saturated heterocycles. The summed E-state index contributed by atoms with van der Waals surface area (Å²) in [5, 5.41) is 3.59. The van der Waals surface area contributed by atoms with Crippen LogP contribution < -0.4 is 5.32 Å². The van der Waals surface area contributed by atoms with Gasteiger partial charge in [-0.1, -0.05) is 26.2 Å². The quantitative estimate of drug-likeness (QED) is 0.868. The minimum absolute atomic E-state index is 0.596. The van der Waals surface area contributed by atoms with Crippen LogP contribution >= 0.6 is 15.9 Å². The molecule has 1 aliphatic carbocycles. The summed E-state index contributed by atoms with van der Waals surface area (Å²) in [5.41, 5.74) is 1.19. The molecule has 1 unspecified atom stereocenters. The highest BCUT2D eigenvalue weighted by Gasteiger charge is 2.21. The van der Waals surface area contributed by atoms with Crippen molar-refractivity contribution in [1.82, 2.24) is 10.3 Å². The monoisotopic (exact) mass is 296 g/mol. The van der Waals surface area contributed by atoms with Crippen molar-refractivity contribution in [3.8, 4) is 0 Å². The number of likely N-dealkylation sites (N-methyl/N-ethyl adjacent to an activating group) is 1. The van der Waals surface area contributed by atoms with Crippen LogP contribution in [0.15, 0.2) is 22.8 Å². The predicted octanol–water partition coefficient (Wildman–Crippen LogP) is 3.55. The zero-order valence-corrected chi connectivity index (χ0v) is 12.0. The van der Waals surface area contributed by atoms with Crippen LogP contribution in [0, 0.1) is 5.92 Å². The molecule has 1 fully saturated rings. The van der Waals surface area contributed by atoms with E-state index in [4.69, 9.17) is 0 Å². The molecule has 0 radical (unpaired) electrons. The number of hydrogen-bond donors (Lipinski definition) is 1. The van der Waals surface area contributed by atoms with Gasteiger partial charge in [0.25, 0.3) is 0 Å². The van der Waals surface area contributed by atoms with Crippen molar-refractivity contribution in [2.24, 2.45) is 5.92 Å². The van der Waals surface area contributed by atoms with E-state index in [1.165, 1.54) is 31.4 Å². The maximum absolute atomic E-state index is 4.46. The van der Waals surface area contributed by atoms with E-state index in [0.29, 0.717) is 6.04 Å². The lowest BCUT2D eigenvalue weighted by atomic mass is 9.80. The van der Waals surface area contributed by atoms with Gasteiger partial charge in [0.1, 0.15) is 0 Å². The zero-order chi connectivity index (χ0) is 12.1. The molecule has 2 nitrogen and oxygen atoms in total. The fourth-order valence-corrected chi connectivity index (χ4v) is 2.67. The number of aromatic nitrogens is 1. The first-order valence-electron chi connectivity index (χ1n) is 6.61. The molecule has 1 aromatic heterocycles. The van der Waals surface area contributed by atoms with E-state index >= 15 is 0 Å². The maximum atomic E-state index is 4.46. The van der Waals surface area contributed by atoms with Gasteiger partial charge in [-0.15, -0.1) is 0 Å². The molecule has 94 valence electrons. The second-order valence-electron chi connectivity index (χ2n) is 4.96. The van der Waals surface area contributed by atoms with Crippen molar-refractivity contribution in [3.63, 3.8) is 0 Å². The molecule has 1 aromatic rings. The number of hydrogen-bond acceptors (Lipinski definition) is 2. The molecule has 3 heteroatoms. The summed E-state index contributed by atoms with van der Waals surface area (Å²) in [6.45, 7) is 3.23. The van der Waals surface area contributed by atoms with Crippen molar-refractivity contribution in [3.05, 3.63) is 28.5 Å². The van der Waals surface area contributed by atoms with Crippen molar-refractivity contribution >= 4 is 15.9 Å². The zero-order valence-electron chi connectivity index (χ0n) is 10.5. The molecule has 0 aliphatic heterocycles. The summed E-state index contributed by atoms with van der Waals surface area (Å²) in [5.74, 6) is 0.953. The number of pyridine rings is 1. The van der Waals surface area contributed by atoms with Crippen molar-refractivity contribution in [2.75, 3.05) is 6.54 Å². The third-order valence-electron chi connectivity index (χ3n) is 3.58. The standard InChI is InChI=1S/C14H21BrN2/c1-2-16-14(8-11-4-3-5-11)9-13-7-6-12(15)10-17-13/h6-7,10-11,14,16H,2-5,8-9H2,1H3. The summed E-state index contributed by atoms with van der Waals surface area (Å²) in [6, 6.07) is 4.79. The number of halogens is 1. The number of nitrogens with one attached hydrogen (secondary N) is 1. The van der Waals surface area contributed by atoms with Crippen molar-refractivity contribution in [2.45, 2.75) is 45.1 Å². The van der Waals surface area contributed by atoms with Crippen LogP contribution in [0.3, 0.4) is 0 Å². The first-order chi connectivity index (χ1) is 8.28. The second-order valence-corrected chi connectivity index (χ2v) is 5.87. The van der Waals surface area contributed by atoms with E-state index in [1.54, 1.807) is 0 Å². The minimum Gasteiger partial charge on any atom is -0.314 e. The molecule has 0 amide bonds. The second kappa shape index (κ2) is 6.50. The lowest BCUT2D eigenvalue weighted by Gasteiger charge is -2.30. The molecule has 0 bridgehead atoms. The normalized spacial score (nSPS) is 17.8. The highest BCUT2D eigenvalue weighted by atomic mass is 79.9. The van der Waals surface area contributed by atoms with Gasteiger partial charge in [-0.05, 0) is 46.9 Å². The Morgan fingerprint density at radius 1 is 1.47 bits per heavy atom. The molecular weight excluding hydrogens is 276 g/mol. The van der Waals surface area contributed by atoms with E-state index in [0.717, 1.165) is 23.4 Å². The average molecular weight is 297 g/mol. The van der Waals surface area contributed by atoms with Crippen LogP contribution in [0.4, 0.5) is 0 Å². The summed E-state index contributed by atoms with van der Waals surface area (Å²) in [6.07, 6.45) is 8.54. The molecule has 1 heterocycles. The van der Waals surface area contributed by atoms with Crippen LogP contribution in [0.5, 0.6) is 0 Å². The lowest BCUT2D eigenvalue weighted by Crippen LogP contribution is -2.34. The van der Waals surface area contributed by atoms with Gasteiger partial charge >= 0.3 is 0 Å². The van der Waals surface area contributed by atoms with Gasteiger partial charge in [0.15, 0.2) is 0 Å². The number of rotatable bonds is 6. The van der Waals surface area contributed by atoms with Gasteiger partial charge < -0.3 is 5.32 Å². The fraction of sp³-hybridized carbons (Fsp3) is 0.643. The smallest absolute Gasteiger partial charge is 0.0419 e. The molecule has 2 rings (SSSR count). The molecular formula is C14H21BrN2. The first kappa shape index (κ1) is 13.0. The summed E-state index contributed by atoms with van der Waals surface area (Å²) in [4.78, 5) is 4.46. The Labute approximate surface area is 112 Å². The fourth-order valence-electron chi connectivity index (χ4n) is 2.44. The largest absolute Gasteiger partial charge is 0.314 e. The predicted molar refractivity (Wildman–Crippen MR) is 75.1 cm³/mol. The van der Waals surface area contributed by atoms with E-state index in [-0.39, 0.29) is 0 Å². The van der Waals surface area contributed by atoms with Gasteiger partial charge in [-0.25, -0.2) is 0 Å². The maximum Gasteiger partial charge on any atom is 0.0419 e. The molecule has 1 atom stereocenters. The Hall–Kier alpha value is -0.410. The van der Waals surface area contributed by atoms with E-state index in [2.05, 4.69) is 45.3 Å². The van der Waals surface area contributed by atoms with Crippen LogP contribution in [-0.4, -0.2) is 17.6 Å². The summed E-state index contributed by atoms with van der Waals surface area (Å²) < 4.78 is 1.06. The first-order valence-corrected chi connectivity index (χ1v) is 7.41. The third kappa shape index (κ3) is 4.07. The van der Waals surface area contributed by atoms with E-state index in [1.807, 2.05) is 6.20 Å². The topological polar surface area (TPSA) is 24.9 Å². The highest BCUT2D eigenvalue weighted by molar-refractivity contribution is 9.10. The molecule has 0 aromatic carbocycles. The Morgan fingerprint density at radius 3 is 2.82 bits per heavy atom. The minimum atomic E-state index is 0.596. The Morgan fingerprint density at radius 2 is 2.29 bits per heavy atom. The third-order valence-corrected chi connectivity index (χ3v) is 4.05. The summed E-state index contributed by atoms with van der Waals surface area (Å²) in [7, 11) is 0. The molecule has 1 aliphatic rings. The van der Waals surface area contributed by atoms with Gasteiger partial charge in [-0.3, -0.25) is 4.98 Å². The van der Waals surface area contributed by atoms with Crippen LogP contribution in [0.25, 0.3) is 0 Å². The van der Waals surface area contributed by atoms with Gasteiger partial charge in [-0.2, -0.15) is 0 Å². The van der Waals surface area contributed by atoms with Gasteiger partial charge in [0.05, 0.1) is 0 Å². The lowest BCUT2D eigenvalue weighted by molar-refractivity contribution is 0.259. The Kier molecular flexibility index (Phi) is 4.99.